The van der Waals surface area contributed by atoms with Crippen LogP contribution in [0.2, 0.25) is 0 Å². The summed E-state index contributed by atoms with van der Waals surface area (Å²) in [5.74, 6) is 2.13. The molecule has 3 aliphatic heterocycles. The molecule has 356 valence electrons. The summed E-state index contributed by atoms with van der Waals surface area (Å²) in [6, 6.07) is 21.3. The standard InChI is InChI=1S/C53H60N6O9/c1-33(56-32-61)50(62)57-39-14-10-34(11-15-39)36-18-40(58(6)26-36)24-54-44-22-48(46(65-8)20-38(44)28-60)67-30-52(2,3)29-53(4,5)31-68-49-23-45-43(21-47(49)66-9)51(63)59-27-37(19-41(59)25-55-45)35-12-16-42(64-7)17-13-35/h10-17,20-28,32-33,40-41H,18-19,29-31H2,1-9H3,(H,56,61)(H,57,62). The van der Waals surface area contributed by atoms with Crippen LogP contribution in [0.4, 0.5) is 17.1 Å². The molecule has 0 saturated carbocycles. The summed E-state index contributed by atoms with van der Waals surface area (Å²) < 4.78 is 29.7. The van der Waals surface area contributed by atoms with E-state index >= 15 is 0 Å². The van der Waals surface area contributed by atoms with Crippen LogP contribution >= 0.6 is 0 Å². The van der Waals surface area contributed by atoms with Crippen LogP contribution in [0.15, 0.2) is 95.2 Å². The molecule has 0 fully saturated rings. The Morgan fingerprint density at radius 2 is 1.44 bits per heavy atom. The summed E-state index contributed by atoms with van der Waals surface area (Å²) in [5.41, 5.74) is 5.89. The number of aldehydes is 1. The highest BCUT2D eigenvalue weighted by Gasteiger charge is 2.35. The molecule has 2 N–H and O–H groups in total. The van der Waals surface area contributed by atoms with Crippen molar-refractivity contribution in [2.24, 2.45) is 20.8 Å². The quantitative estimate of drug-likeness (QED) is 0.0645. The number of benzene rings is 4. The van der Waals surface area contributed by atoms with E-state index in [1.807, 2.05) is 74.2 Å². The third-order valence-corrected chi connectivity index (χ3v) is 12.2. The molecule has 0 saturated heterocycles. The Hall–Kier alpha value is -7.42. The first-order chi connectivity index (χ1) is 32.5. The van der Waals surface area contributed by atoms with E-state index in [2.05, 4.69) is 49.4 Å². The minimum absolute atomic E-state index is 0.0788. The first-order valence-electron chi connectivity index (χ1n) is 22.5. The minimum atomic E-state index is -0.654. The van der Waals surface area contributed by atoms with Gasteiger partial charge in [-0.3, -0.25) is 29.2 Å². The molecule has 4 aromatic carbocycles. The lowest BCUT2D eigenvalue weighted by Gasteiger charge is -2.35. The molecule has 68 heavy (non-hydrogen) atoms. The summed E-state index contributed by atoms with van der Waals surface area (Å²) >= 11 is 0. The molecule has 3 aliphatic rings. The summed E-state index contributed by atoms with van der Waals surface area (Å²) in [6.45, 7) is 10.8. The van der Waals surface area contributed by atoms with Crippen molar-refractivity contribution in [3.05, 3.63) is 107 Å². The molecule has 0 aliphatic carbocycles. The number of nitrogens with one attached hydrogen (secondary N) is 2. The number of hydrogen-bond acceptors (Lipinski definition) is 12. The number of methoxy groups -OCH3 is 3. The Morgan fingerprint density at radius 1 is 0.824 bits per heavy atom. The van der Waals surface area contributed by atoms with E-state index in [1.54, 1.807) is 50.3 Å². The van der Waals surface area contributed by atoms with Crippen LogP contribution in [0.25, 0.3) is 11.1 Å². The Kier molecular flexibility index (Phi) is 14.7. The highest BCUT2D eigenvalue weighted by molar-refractivity contribution is 6.05. The first-order valence-corrected chi connectivity index (χ1v) is 22.5. The largest absolute Gasteiger partial charge is 0.497 e. The fraction of sp³-hybridized carbons (Fsp3) is 0.358. The third-order valence-electron chi connectivity index (χ3n) is 12.2. The lowest BCUT2D eigenvalue weighted by Crippen LogP contribution is -2.37. The minimum Gasteiger partial charge on any atom is -0.497 e. The van der Waals surface area contributed by atoms with Crippen LogP contribution in [-0.2, 0) is 9.59 Å². The second kappa shape index (κ2) is 20.6. The molecule has 3 amide bonds. The zero-order valence-electron chi connectivity index (χ0n) is 40.1. The zero-order chi connectivity index (χ0) is 48.8. The van der Waals surface area contributed by atoms with Crippen LogP contribution in [0, 0.1) is 10.8 Å². The second-order valence-electron chi connectivity index (χ2n) is 18.9. The molecule has 4 aromatic rings. The van der Waals surface area contributed by atoms with Crippen molar-refractivity contribution in [1.29, 1.82) is 0 Å². The van der Waals surface area contributed by atoms with Crippen molar-refractivity contribution in [3.63, 3.8) is 0 Å². The van der Waals surface area contributed by atoms with Gasteiger partial charge in [-0.25, -0.2) is 0 Å². The molecule has 0 radical (unpaired) electrons. The van der Waals surface area contributed by atoms with Gasteiger partial charge in [0.2, 0.25) is 12.3 Å². The van der Waals surface area contributed by atoms with Crippen molar-refractivity contribution in [3.8, 4) is 28.7 Å². The van der Waals surface area contributed by atoms with Crippen molar-refractivity contribution < 1.29 is 42.9 Å². The molecular formula is C53H60N6O9. The fourth-order valence-electron chi connectivity index (χ4n) is 8.84. The van der Waals surface area contributed by atoms with E-state index < -0.39 is 6.04 Å². The SMILES string of the molecule is COc1ccc(C2=CN3C(=O)c4cc(OC)c(OCC(C)(C)CC(C)(C)COc5cc(N=CC6CC(c7ccc(NC(=O)C(C)NC=O)cc7)=CN6C)c(C=O)cc5OC)cc4N=CC3C2)cc1. The molecule has 0 spiro atoms. The maximum atomic E-state index is 13.9. The lowest BCUT2D eigenvalue weighted by atomic mass is 9.76. The Bertz CT molecular complexity index is 2650. The average molecular weight is 925 g/mol. The van der Waals surface area contributed by atoms with Crippen molar-refractivity contribution >= 4 is 65.1 Å². The van der Waals surface area contributed by atoms with Gasteiger partial charge in [0.25, 0.3) is 5.91 Å². The number of anilines is 1. The zero-order valence-corrected chi connectivity index (χ0v) is 40.1. The lowest BCUT2D eigenvalue weighted by molar-refractivity contribution is -0.120. The number of aliphatic imine (C=N–C) groups is 2. The van der Waals surface area contributed by atoms with Gasteiger partial charge in [-0.1, -0.05) is 52.0 Å². The van der Waals surface area contributed by atoms with E-state index in [-0.39, 0.29) is 34.7 Å². The molecule has 3 unspecified atom stereocenters. The highest BCUT2D eigenvalue weighted by atomic mass is 16.5. The third kappa shape index (κ3) is 11.2. The van der Waals surface area contributed by atoms with E-state index in [1.165, 1.54) is 7.11 Å². The van der Waals surface area contributed by atoms with Gasteiger partial charge in [-0.2, -0.15) is 0 Å². The molecule has 0 bridgehead atoms. The number of nitrogens with zero attached hydrogens (tertiary/aromatic N) is 4. The van der Waals surface area contributed by atoms with E-state index in [0.717, 1.165) is 34.3 Å². The Morgan fingerprint density at radius 3 is 2.06 bits per heavy atom. The predicted molar refractivity (Wildman–Crippen MR) is 264 cm³/mol. The molecule has 7 rings (SSSR count). The van der Waals surface area contributed by atoms with Gasteiger partial charge in [-0.15, -0.1) is 0 Å². The van der Waals surface area contributed by atoms with Gasteiger partial charge < -0.3 is 44.1 Å². The number of amides is 3. The van der Waals surface area contributed by atoms with E-state index in [9.17, 15) is 19.2 Å². The highest BCUT2D eigenvalue weighted by Crippen LogP contribution is 2.43. The molecule has 0 aromatic heterocycles. The van der Waals surface area contributed by atoms with E-state index in [4.69, 9.17) is 33.7 Å². The molecule has 15 heteroatoms. The number of fused-ring (bicyclic) bond motifs is 2. The number of ether oxygens (including phenoxy) is 5. The van der Waals surface area contributed by atoms with Crippen LogP contribution in [0.5, 0.6) is 28.7 Å². The van der Waals surface area contributed by atoms with Crippen molar-refractivity contribution in [2.45, 2.75) is 72.0 Å². The molecule has 15 nitrogen and oxygen atoms in total. The molecular weight excluding hydrogens is 865 g/mol. The van der Waals surface area contributed by atoms with Gasteiger partial charge in [0.1, 0.15) is 11.8 Å². The Balaban J connectivity index is 0.969. The van der Waals surface area contributed by atoms with Gasteiger partial charge in [-0.05, 0) is 89.3 Å². The summed E-state index contributed by atoms with van der Waals surface area (Å²) in [5, 5.41) is 5.25. The Labute approximate surface area is 397 Å². The average Bonchev–Trinajstić information content (AvgIpc) is 3.90. The van der Waals surface area contributed by atoms with Crippen LogP contribution in [0.1, 0.15) is 85.7 Å². The van der Waals surface area contributed by atoms with Crippen LogP contribution in [0.3, 0.4) is 0 Å². The van der Waals surface area contributed by atoms with Gasteiger partial charge in [0, 0.05) is 61.7 Å². The topological polar surface area (TPSA) is 170 Å². The summed E-state index contributed by atoms with van der Waals surface area (Å²) in [6.07, 6.45) is 10.9. The number of rotatable bonds is 20. The van der Waals surface area contributed by atoms with Crippen molar-refractivity contribution in [1.82, 2.24) is 15.1 Å². The van der Waals surface area contributed by atoms with Gasteiger partial charge in [0.15, 0.2) is 29.3 Å². The van der Waals surface area contributed by atoms with Gasteiger partial charge in [0.05, 0.1) is 63.6 Å². The fourth-order valence-corrected chi connectivity index (χ4v) is 8.84. The van der Waals surface area contributed by atoms with Crippen molar-refractivity contribution in [2.75, 3.05) is 46.9 Å². The van der Waals surface area contributed by atoms with Crippen LogP contribution in [-0.4, -0.2) is 106 Å². The summed E-state index contributed by atoms with van der Waals surface area (Å²) in [4.78, 5) is 62.6. The molecule has 3 atom stereocenters. The summed E-state index contributed by atoms with van der Waals surface area (Å²) in [7, 11) is 6.70. The smallest absolute Gasteiger partial charge is 0.260 e. The normalized spacial score (nSPS) is 17.1. The maximum Gasteiger partial charge on any atom is 0.260 e. The maximum absolute atomic E-state index is 13.9. The second-order valence-corrected chi connectivity index (χ2v) is 18.9. The van der Waals surface area contributed by atoms with Crippen LogP contribution < -0.4 is 34.3 Å². The predicted octanol–water partition coefficient (Wildman–Crippen LogP) is 8.92. The van der Waals surface area contributed by atoms with E-state index in [0.29, 0.717) is 90.1 Å². The first kappa shape index (κ1) is 48.5. The monoisotopic (exact) mass is 924 g/mol. The molecule has 3 heterocycles. The number of carbonyl (C=O) groups is 4. The van der Waals surface area contributed by atoms with Gasteiger partial charge >= 0.3 is 0 Å². The number of carbonyl (C=O) groups excluding carboxylic acids is 4. The number of hydrogen-bond donors (Lipinski definition) is 2.